The van der Waals surface area contributed by atoms with Crippen molar-refractivity contribution in [2.75, 3.05) is 27.4 Å². The summed E-state index contributed by atoms with van der Waals surface area (Å²) in [6, 6.07) is 7.99. The van der Waals surface area contributed by atoms with E-state index < -0.39 is 5.41 Å². The van der Waals surface area contributed by atoms with E-state index in [0.29, 0.717) is 51.5 Å². The van der Waals surface area contributed by atoms with Crippen molar-refractivity contribution < 1.29 is 29.2 Å². The second-order valence-corrected chi connectivity index (χ2v) is 10.6. The Morgan fingerprint density at radius 1 is 0.629 bits per heavy atom. The molecule has 0 radical (unpaired) electrons. The summed E-state index contributed by atoms with van der Waals surface area (Å²) >= 11 is 0. The molecule has 2 rings (SSSR count). The van der Waals surface area contributed by atoms with Crippen LogP contribution in [0.25, 0.3) is 0 Å². The van der Waals surface area contributed by atoms with E-state index in [1.54, 1.807) is 14.2 Å². The van der Waals surface area contributed by atoms with Gasteiger partial charge in [0.2, 0.25) is 0 Å². The lowest BCUT2D eigenvalue weighted by Crippen LogP contribution is -2.21. The van der Waals surface area contributed by atoms with Crippen LogP contribution < -0.4 is 0 Å². The summed E-state index contributed by atoms with van der Waals surface area (Å²) in [5.74, 6) is 1.23. The van der Waals surface area contributed by atoms with E-state index in [1.807, 2.05) is 24.3 Å². The number of hydrogen-bond donors (Lipinski definition) is 2. The molecule has 35 heavy (non-hydrogen) atoms. The van der Waals surface area contributed by atoms with E-state index in [4.69, 9.17) is 18.9 Å². The second-order valence-electron chi connectivity index (χ2n) is 10.6. The van der Waals surface area contributed by atoms with Gasteiger partial charge in [-0.3, -0.25) is 0 Å². The fourth-order valence-electron chi connectivity index (χ4n) is 3.97. The van der Waals surface area contributed by atoms with Gasteiger partial charge in [-0.05, 0) is 47.2 Å². The predicted molar refractivity (Wildman–Crippen MR) is 139 cm³/mol. The molecular weight excluding hydrogens is 444 g/mol. The molecule has 0 saturated heterocycles. The summed E-state index contributed by atoms with van der Waals surface area (Å²) < 4.78 is 22.4. The SMILES string of the molecule is COCc1cc(C(C)(C)c2cc(COC)c(O)c(COCC(C)C)c2)cc(COCC(C)C)c1O. The molecule has 0 fully saturated rings. The van der Waals surface area contributed by atoms with Crippen molar-refractivity contribution in [3.63, 3.8) is 0 Å². The van der Waals surface area contributed by atoms with Gasteiger partial charge in [-0.15, -0.1) is 0 Å². The monoisotopic (exact) mass is 488 g/mol. The Morgan fingerprint density at radius 3 is 1.23 bits per heavy atom. The maximum atomic E-state index is 10.9. The van der Waals surface area contributed by atoms with Crippen LogP contribution in [0.4, 0.5) is 0 Å². The zero-order valence-electron chi connectivity index (χ0n) is 22.7. The molecule has 0 spiro atoms. The first-order valence-electron chi connectivity index (χ1n) is 12.3. The first kappa shape index (κ1) is 29.1. The second kappa shape index (κ2) is 13.3. The average molecular weight is 489 g/mol. The summed E-state index contributed by atoms with van der Waals surface area (Å²) in [6.07, 6.45) is 0. The number of aromatic hydroxyl groups is 2. The Bertz CT molecular complexity index is 873. The molecule has 0 aliphatic heterocycles. The number of ether oxygens (including phenoxy) is 4. The molecule has 0 aliphatic rings. The normalized spacial score (nSPS) is 12.2. The molecule has 0 unspecified atom stereocenters. The molecule has 6 heteroatoms. The molecule has 0 bridgehead atoms. The van der Waals surface area contributed by atoms with E-state index in [-0.39, 0.29) is 11.5 Å². The lowest BCUT2D eigenvalue weighted by molar-refractivity contribution is 0.0951. The summed E-state index contributed by atoms with van der Waals surface area (Å²) in [7, 11) is 3.24. The van der Waals surface area contributed by atoms with Gasteiger partial charge in [0.1, 0.15) is 11.5 Å². The van der Waals surface area contributed by atoms with Crippen LogP contribution in [-0.4, -0.2) is 37.6 Å². The van der Waals surface area contributed by atoms with Crippen LogP contribution in [0.2, 0.25) is 0 Å². The maximum Gasteiger partial charge on any atom is 0.126 e. The highest BCUT2D eigenvalue weighted by molar-refractivity contribution is 5.52. The zero-order valence-corrected chi connectivity index (χ0v) is 22.7. The molecule has 0 aromatic heterocycles. The molecule has 0 aliphatic carbocycles. The van der Waals surface area contributed by atoms with E-state index >= 15 is 0 Å². The van der Waals surface area contributed by atoms with Gasteiger partial charge in [0.25, 0.3) is 0 Å². The van der Waals surface area contributed by atoms with Gasteiger partial charge < -0.3 is 29.2 Å². The number of methoxy groups -OCH3 is 2. The highest BCUT2D eigenvalue weighted by Crippen LogP contribution is 2.39. The summed E-state index contributed by atoms with van der Waals surface area (Å²) in [4.78, 5) is 0. The minimum Gasteiger partial charge on any atom is -0.507 e. The summed E-state index contributed by atoms with van der Waals surface area (Å²) in [6.45, 7) is 15.1. The first-order chi connectivity index (χ1) is 16.5. The molecule has 2 aromatic carbocycles. The Hall–Kier alpha value is -2.12. The fraction of sp³-hybridized carbons (Fsp3) is 0.586. The molecule has 6 nitrogen and oxygen atoms in total. The van der Waals surface area contributed by atoms with E-state index in [1.165, 1.54) is 0 Å². The van der Waals surface area contributed by atoms with Gasteiger partial charge in [0.15, 0.2) is 0 Å². The topological polar surface area (TPSA) is 77.4 Å². The van der Waals surface area contributed by atoms with Crippen molar-refractivity contribution in [1.29, 1.82) is 0 Å². The highest BCUT2D eigenvalue weighted by atomic mass is 16.5. The predicted octanol–water partition coefficient (Wildman–Crippen LogP) is 6.06. The lowest BCUT2D eigenvalue weighted by atomic mass is 9.76. The van der Waals surface area contributed by atoms with Gasteiger partial charge in [-0.1, -0.05) is 41.5 Å². The standard InChI is InChI=1S/C29H44O6/c1-19(2)13-34-17-23-11-25(9-21(15-32-7)27(23)30)29(5,6)26-10-22(16-33-8)28(31)24(12-26)18-35-14-20(3)4/h9-12,19-20,30-31H,13-18H2,1-8H3. The van der Waals surface area contributed by atoms with Crippen LogP contribution >= 0.6 is 0 Å². The van der Waals surface area contributed by atoms with Crippen molar-refractivity contribution in [2.45, 2.75) is 73.4 Å². The first-order valence-corrected chi connectivity index (χ1v) is 12.3. The number of phenolic OH excluding ortho intramolecular Hbond substituents is 2. The number of benzene rings is 2. The lowest BCUT2D eigenvalue weighted by Gasteiger charge is -2.29. The summed E-state index contributed by atoms with van der Waals surface area (Å²) in [5, 5.41) is 21.7. The Kier molecular flexibility index (Phi) is 11.0. The van der Waals surface area contributed by atoms with Gasteiger partial charge >= 0.3 is 0 Å². The fourth-order valence-corrected chi connectivity index (χ4v) is 3.97. The van der Waals surface area contributed by atoms with Gasteiger partial charge in [0.05, 0.1) is 26.4 Å². The van der Waals surface area contributed by atoms with E-state index in [2.05, 4.69) is 41.5 Å². The Balaban J connectivity index is 2.53. The molecule has 2 N–H and O–H groups in total. The van der Waals surface area contributed by atoms with Crippen molar-refractivity contribution in [2.24, 2.45) is 11.8 Å². The number of hydrogen-bond acceptors (Lipinski definition) is 6. The molecule has 196 valence electrons. The van der Waals surface area contributed by atoms with E-state index in [0.717, 1.165) is 33.4 Å². The molecule has 0 saturated carbocycles. The smallest absolute Gasteiger partial charge is 0.126 e. The Labute approximate surface area is 211 Å². The molecular formula is C29H44O6. The van der Waals surface area contributed by atoms with Crippen molar-refractivity contribution in [3.05, 3.63) is 57.6 Å². The van der Waals surface area contributed by atoms with E-state index in [9.17, 15) is 10.2 Å². The van der Waals surface area contributed by atoms with Crippen molar-refractivity contribution >= 4 is 0 Å². The van der Waals surface area contributed by atoms with Crippen LogP contribution in [0.15, 0.2) is 24.3 Å². The van der Waals surface area contributed by atoms with Crippen molar-refractivity contribution in [1.82, 2.24) is 0 Å². The number of phenols is 2. The molecule has 0 amide bonds. The average Bonchev–Trinajstić information content (AvgIpc) is 2.78. The van der Waals surface area contributed by atoms with Crippen LogP contribution in [-0.2, 0) is 50.8 Å². The van der Waals surface area contributed by atoms with Crippen LogP contribution in [0.1, 0.15) is 74.9 Å². The molecule has 2 aromatic rings. The Morgan fingerprint density at radius 2 is 0.943 bits per heavy atom. The third-order valence-corrected chi connectivity index (χ3v) is 6.00. The number of rotatable bonds is 14. The molecule has 0 atom stereocenters. The van der Waals surface area contributed by atoms with Crippen LogP contribution in [0.3, 0.4) is 0 Å². The van der Waals surface area contributed by atoms with Gasteiger partial charge in [-0.2, -0.15) is 0 Å². The van der Waals surface area contributed by atoms with Crippen LogP contribution in [0.5, 0.6) is 11.5 Å². The van der Waals surface area contributed by atoms with Crippen LogP contribution in [0, 0.1) is 11.8 Å². The highest BCUT2D eigenvalue weighted by Gasteiger charge is 2.28. The quantitative estimate of drug-likeness (QED) is 0.336. The minimum absolute atomic E-state index is 0.212. The maximum absolute atomic E-state index is 10.9. The van der Waals surface area contributed by atoms with Gasteiger partial charge in [-0.25, -0.2) is 0 Å². The summed E-state index contributed by atoms with van der Waals surface area (Å²) in [5.41, 5.74) is 4.52. The van der Waals surface area contributed by atoms with Gasteiger partial charge in [0, 0.05) is 55.1 Å². The third kappa shape index (κ3) is 7.94. The largest absolute Gasteiger partial charge is 0.507 e. The third-order valence-electron chi connectivity index (χ3n) is 6.00. The molecule has 0 heterocycles. The van der Waals surface area contributed by atoms with Crippen molar-refractivity contribution in [3.8, 4) is 11.5 Å². The minimum atomic E-state index is -0.439. The zero-order chi connectivity index (χ0) is 26.2.